The molecule has 0 bridgehead atoms. The van der Waals surface area contributed by atoms with Crippen molar-refractivity contribution in [3.63, 3.8) is 0 Å². The van der Waals surface area contributed by atoms with Crippen LogP contribution in [0.3, 0.4) is 0 Å². The third kappa shape index (κ3) is 4.30. The first-order chi connectivity index (χ1) is 11.9. The monoisotopic (exact) mass is 349 g/mol. The number of carbonyl (C=O) groups excluding carboxylic acids is 1. The van der Waals surface area contributed by atoms with Crippen LogP contribution in [0.4, 0.5) is 0 Å². The number of carbonyl (C=O) groups is 2. The van der Waals surface area contributed by atoms with Gasteiger partial charge in [0, 0.05) is 17.7 Å². The van der Waals surface area contributed by atoms with Crippen LogP contribution < -0.4 is 14.8 Å². The zero-order valence-corrected chi connectivity index (χ0v) is 14.5. The molecule has 2 N–H and O–H groups in total. The smallest absolute Gasteiger partial charge is 0.305 e. The van der Waals surface area contributed by atoms with Crippen molar-refractivity contribution in [2.75, 3.05) is 27.4 Å². The van der Waals surface area contributed by atoms with Gasteiger partial charge in [-0.2, -0.15) is 0 Å². The highest BCUT2D eigenvalue weighted by Crippen LogP contribution is 2.33. The Bertz CT molecular complexity index is 664. The molecule has 0 saturated carbocycles. The van der Waals surface area contributed by atoms with Gasteiger partial charge < -0.3 is 24.6 Å². The molecular formula is C18H23NO6. The van der Waals surface area contributed by atoms with Crippen molar-refractivity contribution in [1.82, 2.24) is 5.32 Å². The van der Waals surface area contributed by atoms with Crippen molar-refractivity contribution in [2.45, 2.75) is 24.8 Å². The summed E-state index contributed by atoms with van der Waals surface area (Å²) < 4.78 is 16.0. The van der Waals surface area contributed by atoms with Crippen LogP contribution in [-0.2, 0) is 16.0 Å². The van der Waals surface area contributed by atoms with E-state index in [4.69, 9.17) is 19.3 Å². The van der Waals surface area contributed by atoms with Gasteiger partial charge in [0.2, 0.25) is 0 Å². The number of methoxy groups -OCH3 is 2. The molecule has 7 nitrogen and oxygen atoms in total. The van der Waals surface area contributed by atoms with Crippen LogP contribution in [-0.4, -0.2) is 50.0 Å². The Morgan fingerprint density at radius 2 is 2.16 bits per heavy atom. The van der Waals surface area contributed by atoms with E-state index in [9.17, 15) is 9.59 Å². The summed E-state index contributed by atoms with van der Waals surface area (Å²) in [6.45, 7) is 4.31. The van der Waals surface area contributed by atoms with Gasteiger partial charge in [-0.3, -0.25) is 9.59 Å². The van der Waals surface area contributed by atoms with Crippen molar-refractivity contribution in [2.24, 2.45) is 0 Å². The molecule has 0 aliphatic carbocycles. The van der Waals surface area contributed by atoms with E-state index in [2.05, 4.69) is 11.9 Å². The van der Waals surface area contributed by atoms with E-state index in [1.54, 1.807) is 18.2 Å². The fraction of sp³-hybridized carbons (Fsp3) is 0.444. The average Bonchev–Trinajstić information content (AvgIpc) is 3.01. The summed E-state index contributed by atoms with van der Waals surface area (Å²) in [6, 6.07) is 3.27. The van der Waals surface area contributed by atoms with E-state index in [1.165, 1.54) is 14.2 Å². The second-order valence-electron chi connectivity index (χ2n) is 5.97. The second-order valence-corrected chi connectivity index (χ2v) is 5.97. The predicted molar refractivity (Wildman–Crippen MR) is 91.3 cm³/mol. The molecule has 1 fully saturated rings. The first-order valence-corrected chi connectivity index (χ1v) is 7.92. The zero-order valence-electron chi connectivity index (χ0n) is 14.5. The SMILES string of the molecule is C=CCc1cc(C(=O)NC2(CC(=O)O)CCOC2)cc(OC)c1OC. The standard InChI is InChI=1S/C18H23NO6/c1-4-5-12-8-13(9-14(23-2)16(12)24-3)17(22)19-18(10-15(20)21)6-7-25-11-18/h4,8-9H,1,5-7,10-11H2,2-3H3,(H,19,22)(H,20,21). The van der Waals surface area contributed by atoms with E-state index >= 15 is 0 Å². The summed E-state index contributed by atoms with van der Waals surface area (Å²) in [5.74, 6) is -0.381. The Morgan fingerprint density at radius 3 is 2.68 bits per heavy atom. The lowest BCUT2D eigenvalue weighted by molar-refractivity contribution is -0.138. The van der Waals surface area contributed by atoms with Gasteiger partial charge in [-0.15, -0.1) is 6.58 Å². The number of benzene rings is 1. The van der Waals surface area contributed by atoms with E-state index in [1.807, 2.05) is 0 Å². The van der Waals surface area contributed by atoms with Crippen LogP contribution in [0.15, 0.2) is 24.8 Å². The van der Waals surface area contributed by atoms with E-state index in [-0.39, 0.29) is 18.9 Å². The maximum atomic E-state index is 12.7. The molecule has 1 aliphatic heterocycles. The Kier molecular flexibility index (Phi) is 6.03. The minimum Gasteiger partial charge on any atom is -0.493 e. The zero-order chi connectivity index (χ0) is 18.4. The molecule has 1 unspecified atom stereocenters. The molecular weight excluding hydrogens is 326 g/mol. The van der Waals surface area contributed by atoms with Crippen LogP contribution in [0.25, 0.3) is 0 Å². The molecule has 25 heavy (non-hydrogen) atoms. The molecule has 0 aromatic heterocycles. The molecule has 1 saturated heterocycles. The van der Waals surface area contributed by atoms with Gasteiger partial charge in [0.05, 0.1) is 32.8 Å². The van der Waals surface area contributed by atoms with E-state index < -0.39 is 11.5 Å². The fourth-order valence-corrected chi connectivity index (χ4v) is 2.97. The van der Waals surface area contributed by atoms with Crippen molar-refractivity contribution in [3.8, 4) is 11.5 Å². The van der Waals surface area contributed by atoms with Crippen LogP contribution >= 0.6 is 0 Å². The van der Waals surface area contributed by atoms with Crippen LogP contribution in [0.1, 0.15) is 28.8 Å². The second kappa shape index (κ2) is 8.02. The quantitative estimate of drug-likeness (QED) is 0.695. The number of rotatable bonds is 8. The molecule has 0 spiro atoms. The Hall–Kier alpha value is -2.54. The number of carboxylic acid groups (broad SMARTS) is 1. The maximum absolute atomic E-state index is 12.7. The van der Waals surface area contributed by atoms with Crippen molar-refractivity contribution < 1.29 is 28.9 Å². The molecule has 2 rings (SSSR count). The first kappa shape index (κ1) is 18.8. The Labute approximate surface area is 146 Å². The van der Waals surface area contributed by atoms with Gasteiger partial charge in [0.1, 0.15) is 0 Å². The lowest BCUT2D eigenvalue weighted by atomic mass is 9.93. The van der Waals surface area contributed by atoms with Crippen molar-refractivity contribution >= 4 is 11.9 Å². The normalized spacial score (nSPS) is 19.3. The summed E-state index contributed by atoms with van der Waals surface area (Å²) in [7, 11) is 3.02. The highest BCUT2D eigenvalue weighted by molar-refractivity contribution is 5.96. The van der Waals surface area contributed by atoms with Gasteiger partial charge >= 0.3 is 5.97 Å². The molecule has 0 radical (unpaired) electrons. The highest BCUT2D eigenvalue weighted by atomic mass is 16.5. The lowest BCUT2D eigenvalue weighted by Gasteiger charge is -2.27. The van der Waals surface area contributed by atoms with Gasteiger partial charge in [-0.1, -0.05) is 6.08 Å². The third-order valence-corrected chi connectivity index (χ3v) is 4.15. The number of allylic oxidation sites excluding steroid dienone is 1. The Morgan fingerprint density at radius 1 is 1.40 bits per heavy atom. The largest absolute Gasteiger partial charge is 0.493 e. The van der Waals surface area contributed by atoms with Gasteiger partial charge in [-0.05, 0) is 25.0 Å². The number of amides is 1. The van der Waals surface area contributed by atoms with E-state index in [0.29, 0.717) is 36.5 Å². The van der Waals surface area contributed by atoms with Crippen LogP contribution in [0, 0.1) is 0 Å². The molecule has 1 aliphatic rings. The van der Waals surface area contributed by atoms with Crippen LogP contribution in [0.5, 0.6) is 11.5 Å². The number of ether oxygens (including phenoxy) is 3. The number of nitrogens with one attached hydrogen (secondary N) is 1. The minimum absolute atomic E-state index is 0.178. The molecule has 7 heteroatoms. The predicted octanol–water partition coefficient (Wildman–Crippen LogP) is 1.80. The van der Waals surface area contributed by atoms with Gasteiger partial charge in [0.25, 0.3) is 5.91 Å². The number of hydrogen-bond acceptors (Lipinski definition) is 5. The number of carboxylic acids is 1. The van der Waals surface area contributed by atoms with Gasteiger partial charge in [0.15, 0.2) is 11.5 Å². The molecule has 1 aromatic carbocycles. The van der Waals surface area contributed by atoms with Crippen molar-refractivity contribution in [1.29, 1.82) is 0 Å². The van der Waals surface area contributed by atoms with E-state index in [0.717, 1.165) is 5.56 Å². The van der Waals surface area contributed by atoms with Gasteiger partial charge in [-0.25, -0.2) is 0 Å². The number of aliphatic carboxylic acids is 1. The third-order valence-electron chi connectivity index (χ3n) is 4.15. The molecule has 1 atom stereocenters. The average molecular weight is 349 g/mol. The summed E-state index contributed by atoms with van der Waals surface area (Å²) in [5, 5.41) is 12.0. The summed E-state index contributed by atoms with van der Waals surface area (Å²) in [6.07, 6.45) is 2.48. The summed E-state index contributed by atoms with van der Waals surface area (Å²) >= 11 is 0. The molecule has 136 valence electrons. The summed E-state index contributed by atoms with van der Waals surface area (Å²) in [4.78, 5) is 23.9. The highest BCUT2D eigenvalue weighted by Gasteiger charge is 2.39. The minimum atomic E-state index is -0.981. The first-order valence-electron chi connectivity index (χ1n) is 7.92. The maximum Gasteiger partial charge on any atom is 0.305 e. The summed E-state index contributed by atoms with van der Waals surface area (Å²) in [5.41, 5.74) is 0.234. The fourth-order valence-electron chi connectivity index (χ4n) is 2.97. The molecule has 1 aromatic rings. The molecule has 1 heterocycles. The Balaban J connectivity index is 2.33. The van der Waals surface area contributed by atoms with Crippen LogP contribution in [0.2, 0.25) is 0 Å². The lowest BCUT2D eigenvalue weighted by Crippen LogP contribution is -2.50. The van der Waals surface area contributed by atoms with Crippen molar-refractivity contribution in [3.05, 3.63) is 35.9 Å². The molecule has 1 amide bonds. The number of hydrogen-bond donors (Lipinski definition) is 2. The topological polar surface area (TPSA) is 94.1 Å².